The monoisotopic (exact) mass is 232 g/mol. The van der Waals surface area contributed by atoms with Crippen molar-refractivity contribution in [1.82, 2.24) is 19.9 Å². The smallest absolute Gasteiger partial charge is 0.224 e. The van der Waals surface area contributed by atoms with Gasteiger partial charge in [0.25, 0.3) is 0 Å². The van der Waals surface area contributed by atoms with Crippen molar-refractivity contribution in [1.29, 1.82) is 0 Å². The van der Waals surface area contributed by atoms with Crippen LogP contribution in [-0.2, 0) is 0 Å². The molecule has 0 amide bonds. The number of hydrogen-bond acceptors (Lipinski definition) is 5. The number of aromatic nitrogens is 4. The number of nitrogens with two attached hydrogens (primary N) is 1. The van der Waals surface area contributed by atoms with Gasteiger partial charge in [0.05, 0.1) is 6.33 Å². The number of imidazole rings is 1. The van der Waals surface area contributed by atoms with Gasteiger partial charge >= 0.3 is 0 Å². The molecule has 0 saturated carbocycles. The van der Waals surface area contributed by atoms with Crippen LogP contribution in [0.5, 0.6) is 0 Å². The minimum absolute atomic E-state index is 0.306. The maximum atomic E-state index is 5.73. The summed E-state index contributed by atoms with van der Waals surface area (Å²) < 4.78 is 0. The van der Waals surface area contributed by atoms with Gasteiger partial charge in [-0.25, -0.2) is 4.98 Å². The average Bonchev–Trinajstić information content (AvgIpc) is 2.62. The molecule has 2 aromatic heterocycles. The maximum Gasteiger partial charge on any atom is 0.224 e. The molecule has 90 valence electrons. The molecule has 1 aliphatic rings. The molecule has 0 aromatic carbocycles. The first kappa shape index (κ1) is 10.3. The van der Waals surface area contributed by atoms with Crippen LogP contribution >= 0.6 is 0 Å². The van der Waals surface area contributed by atoms with E-state index in [1.54, 1.807) is 6.33 Å². The Morgan fingerprint density at radius 1 is 1.12 bits per heavy atom. The predicted octanol–water partition coefficient (Wildman–Crippen LogP) is 1.32. The van der Waals surface area contributed by atoms with E-state index in [1.807, 2.05) is 0 Å². The molecule has 3 heterocycles. The Labute approximate surface area is 99.3 Å². The minimum atomic E-state index is 0.306. The summed E-state index contributed by atoms with van der Waals surface area (Å²) >= 11 is 0. The third kappa shape index (κ3) is 1.90. The van der Waals surface area contributed by atoms with Crippen LogP contribution in [0.4, 0.5) is 11.8 Å². The van der Waals surface area contributed by atoms with E-state index in [9.17, 15) is 0 Å². The summed E-state index contributed by atoms with van der Waals surface area (Å²) in [4.78, 5) is 18.0. The lowest BCUT2D eigenvalue weighted by Crippen LogP contribution is -2.25. The number of aromatic amines is 1. The lowest BCUT2D eigenvalue weighted by molar-refractivity contribution is 0.726. The molecule has 6 nitrogen and oxygen atoms in total. The highest BCUT2D eigenvalue weighted by Gasteiger charge is 2.16. The first-order valence-electron chi connectivity index (χ1n) is 6.06. The fourth-order valence-electron chi connectivity index (χ4n) is 2.34. The minimum Gasteiger partial charge on any atom is -0.368 e. The molecule has 2 aromatic rings. The quantitative estimate of drug-likeness (QED) is 0.774. The van der Waals surface area contributed by atoms with Gasteiger partial charge in [0.15, 0.2) is 17.0 Å². The Hall–Kier alpha value is -1.85. The second-order valence-electron chi connectivity index (χ2n) is 4.41. The van der Waals surface area contributed by atoms with Crippen molar-refractivity contribution in [3.05, 3.63) is 6.33 Å². The second kappa shape index (κ2) is 4.20. The first-order chi connectivity index (χ1) is 8.34. The number of H-pyrrole nitrogens is 1. The molecule has 0 bridgehead atoms. The van der Waals surface area contributed by atoms with Gasteiger partial charge in [0, 0.05) is 13.1 Å². The van der Waals surface area contributed by atoms with E-state index < -0.39 is 0 Å². The van der Waals surface area contributed by atoms with Crippen molar-refractivity contribution in [3.63, 3.8) is 0 Å². The van der Waals surface area contributed by atoms with Crippen LogP contribution in [-0.4, -0.2) is 33.0 Å². The molecule has 6 heteroatoms. The summed E-state index contributed by atoms with van der Waals surface area (Å²) in [5, 5.41) is 0. The topological polar surface area (TPSA) is 83.7 Å². The molecule has 3 rings (SSSR count). The van der Waals surface area contributed by atoms with E-state index in [4.69, 9.17) is 5.73 Å². The molecule has 0 atom stereocenters. The van der Waals surface area contributed by atoms with Crippen LogP contribution < -0.4 is 10.6 Å². The van der Waals surface area contributed by atoms with Crippen molar-refractivity contribution in [3.8, 4) is 0 Å². The van der Waals surface area contributed by atoms with Gasteiger partial charge in [-0.3, -0.25) is 0 Å². The summed E-state index contributed by atoms with van der Waals surface area (Å²) in [6.45, 7) is 2.05. The van der Waals surface area contributed by atoms with Crippen molar-refractivity contribution in [2.24, 2.45) is 0 Å². The molecule has 17 heavy (non-hydrogen) atoms. The van der Waals surface area contributed by atoms with E-state index in [2.05, 4.69) is 24.8 Å². The number of fused-ring (bicyclic) bond motifs is 1. The summed E-state index contributed by atoms with van der Waals surface area (Å²) in [5.74, 6) is 1.18. The summed E-state index contributed by atoms with van der Waals surface area (Å²) in [7, 11) is 0. The van der Waals surface area contributed by atoms with Crippen LogP contribution in [0.1, 0.15) is 25.7 Å². The molecule has 0 aliphatic carbocycles. The highest BCUT2D eigenvalue weighted by molar-refractivity contribution is 5.84. The van der Waals surface area contributed by atoms with Gasteiger partial charge in [-0.2, -0.15) is 9.97 Å². The fraction of sp³-hybridized carbons (Fsp3) is 0.545. The lowest BCUT2D eigenvalue weighted by atomic mass is 10.2. The Kier molecular flexibility index (Phi) is 2.55. The van der Waals surface area contributed by atoms with E-state index in [0.717, 1.165) is 30.1 Å². The average molecular weight is 232 g/mol. The highest BCUT2D eigenvalue weighted by atomic mass is 15.2. The van der Waals surface area contributed by atoms with Crippen LogP contribution in [0.2, 0.25) is 0 Å². The van der Waals surface area contributed by atoms with Crippen LogP contribution in [0, 0.1) is 0 Å². The number of nitrogen functional groups attached to an aromatic ring is 1. The SMILES string of the molecule is Nc1nc(N2CCCCCC2)c2nc[nH]c2n1. The van der Waals surface area contributed by atoms with Gasteiger partial charge in [0.2, 0.25) is 5.95 Å². The van der Waals surface area contributed by atoms with E-state index in [1.165, 1.54) is 25.7 Å². The lowest BCUT2D eigenvalue weighted by Gasteiger charge is -2.21. The number of nitrogens with one attached hydrogen (secondary N) is 1. The van der Waals surface area contributed by atoms with Crippen LogP contribution in [0.15, 0.2) is 6.33 Å². The number of anilines is 2. The van der Waals surface area contributed by atoms with Crippen LogP contribution in [0.3, 0.4) is 0 Å². The number of rotatable bonds is 1. The predicted molar refractivity (Wildman–Crippen MR) is 66.8 cm³/mol. The van der Waals surface area contributed by atoms with E-state index in [0.29, 0.717) is 5.95 Å². The van der Waals surface area contributed by atoms with Crippen molar-refractivity contribution in [2.75, 3.05) is 23.7 Å². The normalized spacial score (nSPS) is 17.3. The van der Waals surface area contributed by atoms with Crippen molar-refractivity contribution in [2.45, 2.75) is 25.7 Å². The molecule has 0 spiro atoms. The summed E-state index contributed by atoms with van der Waals surface area (Å²) in [6, 6.07) is 0. The fourth-order valence-corrected chi connectivity index (χ4v) is 2.34. The first-order valence-corrected chi connectivity index (χ1v) is 6.06. The zero-order valence-electron chi connectivity index (χ0n) is 9.69. The molecule has 0 unspecified atom stereocenters. The molecule has 1 fully saturated rings. The standard InChI is InChI=1S/C11H16N6/c12-11-15-9-8(13-7-14-9)10(16-11)17-5-3-1-2-4-6-17/h7H,1-6H2,(H3,12,13,14,15,16). The molecule has 0 radical (unpaired) electrons. The second-order valence-corrected chi connectivity index (χ2v) is 4.41. The largest absolute Gasteiger partial charge is 0.368 e. The van der Waals surface area contributed by atoms with E-state index in [-0.39, 0.29) is 0 Å². The maximum absolute atomic E-state index is 5.73. The highest BCUT2D eigenvalue weighted by Crippen LogP contribution is 2.24. The Morgan fingerprint density at radius 3 is 2.65 bits per heavy atom. The summed E-state index contributed by atoms with van der Waals surface area (Å²) in [5.41, 5.74) is 7.27. The van der Waals surface area contributed by atoms with Gasteiger partial charge in [-0.1, -0.05) is 12.8 Å². The molecular formula is C11H16N6. The molecule has 1 saturated heterocycles. The molecule has 1 aliphatic heterocycles. The third-order valence-electron chi connectivity index (χ3n) is 3.18. The molecule has 3 N–H and O–H groups in total. The van der Waals surface area contributed by atoms with Gasteiger partial charge in [0.1, 0.15) is 0 Å². The number of hydrogen-bond donors (Lipinski definition) is 2. The Morgan fingerprint density at radius 2 is 1.88 bits per heavy atom. The van der Waals surface area contributed by atoms with Gasteiger partial charge in [-0.05, 0) is 12.8 Å². The van der Waals surface area contributed by atoms with Gasteiger partial charge in [-0.15, -0.1) is 0 Å². The third-order valence-corrected chi connectivity index (χ3v) is 3.18. The zero-order chi connectivity index (χ0) is 11.7. The molecular weight excluding hydrogens is 216 g/mol. The van der Waals surface area contributed by atoms with Crippen molar-refractivity contribution < 1.29 is 0 Å². The van der Waals surface area contributed by atoms with Crippen molar-refractivity contribution >= 4 is 22.9 Å². The Balaban J connectivity index is 2.05. The summed E-state index contributed by atoms with van der Waals surface area (Å²) in [6.07, 6.45) is 6.63. The van der Waals surface area contributed by atoms with E-state index >= 15 is 0 Å². The van der Waals surface area contributed by atoms with Gasteiger partial charge < -0.3 is 15.6 Å². The Bertz CT molecular complexity index is 512. The zero-order valence-corrected chi connectivity index (χ0v) is 9.69. The number of nitrogens with zero attached hydrogens (tertiary/aromatic N) is 4. The van der Waals surface area contributed by atoms with Crippen LogP contribution in [0.25, 0.3) is 11.2 Å².